The third-order valence-corrected chi connectivity index (χ3v) is 3.47. The number of rotatable bonds is 7. The second kappa shape index (κ2) is 8.12. The van der Waals surface area contributed by atoms with Crippen LogP contribution in [0.25, 0.3) is 5.69 Å². The highest BCUT2D eigenvalue weighted by molar-refractivity contribution is 5.91. The minimum absolute atomic E-state index is 0.0301. The molecule has 6 nitrogen and oxygen atoms in total. The van der Waals surface area contributed by atoms with E-state index in [2.05, 4.69) is 10.4 Å². The Morgan fingerprint density at radius 2 is 1.84 bits per heavy atom. The molecule has 3 aromatic rings. The molecule has 0 spiro atoms. The topological polar surface area (TPSA) is 65.4 Å². The maximum absolute atomic E-state index is 11.4. The van der Waals surface area contributed by atoms with E-state index in [1.807, 2.05) is 47.3 Å². The molecule has 1 N–H and O–H groups in total. The first-order valence-electron chi connectivity index (χ1n) is 7.86. The number of nitrogens with one attached hydrogen (secondary N) is 1. The monoisotopic (exact) mass is 337 g/mol. The average Bonchev–Trinajstić information content (AvgIpc) is 3.11. The molecule has 1 aromatic heterocycles. The Hall–Kier alpha value is -3.12. The lowest BCUT2D eigenvalue weighted by Gasteiger charge is -2.07. The summed E-state index contributed by atoms with van der Waals surface area (Å²) >= 11 is 0. The molecule has 1 heterocycles. The van der Waals surface area contributed by atoms with Gasteiger partial charge in [0.05, 0.1) is 5.69 Å². The van der Waals surface area contributed by atoms with Crippen LogP contribution < -0.4 is 10.1 Å². The van der Waals surface area contributed by atoms with Gasteiger partial charge < -0.3 is 14.8 Å². The van der Waals surface area contributed by atoms with Gasteiger partial charge in [0.1, 0.15) is 24.7 Å². The summed E-state index contributed by atoms with van der Waals surface area (Å²) in [6.07, 6.45) is 1.91. The van der Waals surface area contributed by atoms with E-state index in [1.54, 1.807) is 24.3 Å². The lowest BCUT2D eigenvalue weighted by molar-refractivity contribution is -0.119. The summed E-state index contributed by atoms with van der Waals surface area (Å²) in [4.78, 5) is 11.4. The number of methoxy groups -OCH3 is 1. The minimum atomic E-state index is -0.192. The molecule has 0 aliphatic carbocycles. The molecular weight excluding hydrogens is 318 g/mol. The molecular formula is C19H19N3O3. The number of para-hydroxylation sites is 1. The molecule has 0 radical (unpaired) electrons. The van der Waals surface area contributed by atoms with Crippen molar-refractivity contribution in [3.05, 3.63) is 72.6 Å². The zero-order valence-electron chi connectivity index (χ0n) is 13.9. The minimum Gasteiger partial charge on any atom is -0.487 e. The number of hydrogen-bond donors (Lipinski definition) is 1. The van der Waals surface area contributed by atoms with Crippen LogP contribution in [-0.4, -0.2) is 29.4 Å². The standard InChI is InChI=1S/C19H19N3O3/c1-24-14-19(23)20-15-7-9-18(10-8-15)25-13-16-11-12-22(21-16)17-5-3-2-4-6-17/h2-12H,13-14H2,1H3,(H,20,23). The van der Waals surface area contributed by atoms with Crippen LogP contribution in [0, 0.1) is 0 Å². The second-order valence-corrected chi connectivity index (χ2v) is 5.38. The van der Waals surface area contributed by atoms with E-state index < -0.39 is 0 Å². The van der Waals surface area contributed by atoms with Crippen LogP contribution in [0.2, 0.25) is 0 Å². The van der Waals surface area contributed by atoms with Gasteiger partial charge in [-0.25, -0.2) is 4.68 Å². The van der Waals surface area contributed by atoms with Gasteiger partial charge in [-0.1, -0.05) is 18.2 Å². The number of amides is 1. The lowest BCUT2D eigenvalue weighted by Crippen LogP contribution is -2.16. The van der Waals surface area contributed by atoms with Gasteiger partial charge in [-0.15, -0.1) is 0 Å². The summed E-state index contributed by atoms with van der Waals surface area (Å²) in [5, 5.41) is 7.22. The molecule has 1 amide bonds. The van der Waals surface area contributed by atoms with Gasteiger partial charge in [-0.3, -0.25) is 4.79 Å². The largest absolute Gasteiger partial charge is 0.487 e. The predicted molar refractivity (Wildman–Crippen MR) is 94.8 cm³/mol. The number of nitrogens with zero attached hydrogens (tertiary/aromatic N) is 2. The van der Waals surface area contributed by atoms with Gasteiger partial charge >= 0.3 is 0 Å². The maximum atomic E-state index is 11.4. The Morgan fingerprint density at radius 3 is 2.56 bits per heavy atom. The first-order chi connectivity index (χ1) is 12.2. The lowest BCUT2D eigenvalue weighted by atomic mass is 10.3. The summed E-state index contributed by atoms with van der Waals surface area (Å²) in [5.41, 5.74) is 2.54. The van der Waals surface area contributed by atoms with Crippen LogP contribution in [0.5, 0.6) is 5.75 Å². The van der Waals surface area contributed by atoms with Crippen LogP contribution in [0.15, 0.2) is 66.9 Å². The third-order valence-electron chi connectivity index (χ3n) is 3.47. The number of aromatic nitrogens is 2. The molecule has 0 saturated heterocycles. The number of hydrogen-bond acceptors (Lipinski definition) is 4. The summed E-state index contributed by atoms with van der Waals surface area (Å²) in [6.45, 7) is 0.400. The fraction of sp³-hybridized carbons (Fsp3) is 0.158. The fourth-order valence-corrected chi connectivity index (χ4v) is 2.28. The van der Waals surface area contributed by atoms with Crippen molar-refractivity contribution in [1.82, 2.24) is 9.78 Å². The summed E-state index contributed by atoms with van der Waals surface area (Å²) in [6, 6.07) is 19.0. The maximum Gasteiger partial charge on any atom is 0.250 e. The smallest absolute Gasteiger partial charge is 0.250 e. The highest BCUT2D eigenvalue weighted by atomic mass is 16.5. The predicted octanol–water partition coefficient (Wildman–Crippen LogP) is 3.04. The number of anilines is 1. The molecule has 0 aliphatic rings. The molecule has 0 saturated carbocycles. The van der Waals surface area contributed by atoms with E-state index in [1.165, 1.54) is 7.11 Å². The van der Waals surface area contributed by atoms with Crippen LogP contribution in [-0.2, 0) is 16.1 Å². The van der Waals surface area contributed by atoms with Gasteiger partial charge in [0.25, 0.3) is 0 Å². The van der Waals surface area contributed by atoms with Crippen molar-refractivity contribution in [3.8, 4) is 11.4 Å². The fourth-order valence-electron chi connectivity index (χ4n) is 2.28. The molecule has 0 atom stereocenters. The van der Waals surface area contributed by atoms with Crippen molar-refractivity contribution < 1.29 is 14.3 Å². The number of carbonyl (C=O) groups excluding carboxylic acids is 1. The van der Waals surface area contributed by atoms with Crippen molar-refractivity contribution in [1.29, 1.82) is 0 Å². The zero-order chi connectivity index (χ0) is 17.5. The Labute approximate surface area is 146 Å². The van der Waals surface area contributed by atoms with E-state index in [-0.39, 0.29) is 12.5 Å². The molecule has 128 valence electrons. The van der Waals surface area contributed by atoms with E-state index in [9.17, 15) is 4.79 Å². The van der Waals surface area contributed by atoms with Gasteiger partial charge in [0.2, 0.25) is 5.91 Å². The normalized spacial score (nSPS) is 10.4. The molecule has 0 fully saturated rings. The SMILES string of the molecule is COCC(=O)Nc1ccc(OCc2ccn(-c3ccccc3)n2)cc1. The molecule has 6 heteroatoms. The van der Waals surface area contributed by atoms with Crippen LogP contribution in [0.1, 0.15) is 5.69 Å². The number of ether oxygens (including phenoxy) is 2. The second-order valence-electron chi connectivity index (χ2n) is 5.38. The summed E-state index contributed by atoms with van der Waals surface area (Å²) in [7, 11) is 1.48. The molecule has 3 rings (SSSR count). The van der Waals surface area contributed by atoms with Crippen molar-refractivity contribution in [3.63, 3.8) is 0 Å². The van der Waals surface area contributed by atoms with Crippen molar-refractivity contribution in [2.45, 2.75) is 6.61 Å². The van der Waals surface area contributed by atoms with Crippen molar-refractivity contribution in [2.24, 2.45) is 0 Å². The van der Waals surface area contributed by atoms with E-state index in [0.717, 1.165) is 11.4 Å². The molecule has 2 aromatic carbocycles. The average molecular weight is 337 g/mol. The Morgan fingerprint density at radius 1 is 1.08 bits per heavy atom. The van der Waals surface area contributed by atoms with Gasteiger partial charge in [0, 0.05) is 19.0 Å². The van der Waals surface area contributed by atoms with Crippen LogP contribution >= 0.6 is 0 Å². The van der Waals surface area contributed by atoms with E-state index in [4.69, 9.17) is 9.47 Å². The molecule has 25 heavy (non-hydrogen) atoms. The first-order valence-corrected chi connectivity index (χ1v) is 7.86. The van der Waals surface area contributed by atoms with Crippen LogP contribution in [0.3, 0.4) is 0 Å². The van der Waals surface area contributed by atoms with Gasteiger partial charge in [0.15, 0.2) is 0 Å². The van der Waals surface area contributed by atoms with Gasteiger partial charge in [-0.2, -0.15) is 5.10 Å². The molecule has 0 unspecified atom stereocenters. The summed E-state index contributed by atoms with van der Waals surface area (Å²) < 4.78 is 12.3. The van der Waals surface area contributed by atoms with Crippen LogP contribution in [0.4, 0.5) is 5.69 Å². The highest BCUT2D eigenvalue weighted by Gasteiger charge is 2.04. The van der Waals surface area contributed by atoms with Gasteiger partial charge in [-0.05, 0) is 42.5 Å². The van der Waals surface area contributed by atoms with E-state index in [0.29, 0.717) is 18.0 Å². The Kier molecular flexibility index (Phi) is 5.43. The zero-order valence-corrected chi connectivity index (χ0v) is 13.9. The third kappa shape index (κ3) is 4.68. The quantitative estimate of drug-likeness (QED) is 0.720. The molecule has 0 aliphatic heterocycles. The Bertz CT molecular complexity index is 813. The first kappa shape index (κ1) is 16.7. The van der Waals surface area contributed by atoms with E-state index >= 15 is 0 Å². The molecule has 0 bridgehead atoms. The van der Waals surface area contributed by atoms with Crippen molar-refractivity contribution >= 4 is 11.6 Å². The number of carbonyl (C=O) groups is 1. The highest BCUT2D eigenvalue weighted by Crippen LogP contribution is 2.17. The van der Waals surface area contributed by atoms with Crippen molar-refractivity contribution in [2.75, 3.05) is 19.0 Å². The Balaban J connectivity index is 1.55. The summed E-state index contributed by atoms with van der Waals surface area (Å²) in [5.74, 6) is 0.515. The number of benzene rings is 2.